The van der Waals surface area contributed by atoms with Gasteiger partial charge in [0.25, 0.3) is 5.91 Å². The molecule has 22 heavy (non-hydrogen) atoms. The predicted octanol–water partition coefficient (Wildman–Crippen LogP) is 3.17. The van der Waals surface area contributed by atoms with Crippen LogP contribution in [-0.4, -0.2) is 46.9 Å². The molecule has 1 fully saturated rings. The molecule has 4 nitrogen and oxygen atoms in total. The van der Waals surface area contributed by atoms with Gasteiger partial charge < -0.3 is 4.90 Å². The fourth-order valence-corrected chi connectivity index (χ4v) is 4.19. The van der Waals surface area contributed by atoms with Gasteiger partial charge in [0, 0.05) is 43.0 Å². The molecule has 1 aliphatic rings. The second-order valence-corrected chi connectivity index (χ2v) is 8.04. The van der Waals surface area contributed by atoms with Gasteiger partial charge in [0.05, 0.1) is 15.6 Å². The summed E-state index contributed by atoms with van der Waals surface area (Å²) in [5.74, 6) is 0.185. The lowest BCUT2D eigenvalue weighted by molar-refractivity contribution is 0.0766. The molecule has 1 aliphatic heterocycles. The van der Waals surface area contributed by atoms with Crippen LogP contribution in [0.25, 0.3) is 0 Å². The van der Waals surface area contributed by atoms with Gasteiger partial charge in [0.2, 0.25) is 0 Å². The highest BCUT2D eigenvalue weighted by Gasteiger charge is 2.21. The van der Waals surface area contributed by atoms with Crippen LogP contribution in [0.15, 0.2) is 17.5 Å². The third-order valence-corrected chi connectivity index (χ3v) is 5.69. The Labute approximate surface area is 139 Å². The van der Waals surface area contributed by atoms with Crippen molar-refractivity contribution in [3.8, 4) is 0 Å². The zero-order valence-electron chi connectivity index (χ0n) is 13.0. The van der Waals surface area contributed by atoms with E-state index >= 15 is 0 Å². The van der Waals surface area contributed by atoms with Crippen LogP contribution in [0.1, 0.15) is 31.7 Å². The molecule has 118 valence electrons. The molecule has 2 aromatic heterocycles. The first-order valence-electron chi connectivity index (χ1n) is 7.61. The SMILES string of the molecule is Cc1ccc(C(=O)N2CCCN(Cc3csc(C)n3)CC2)s1. The Morgan fingerprint density at radius 1 is 1.23 bits per heavy atom. The average molecular weight is 335 g/mol. The second-order valence-electron chi connectivity index (χ2n) is 5.69. The number of hydrogen-bond acceptors (Lipinski definition) is 5. The Morgan fingerprint density at radius 3 is 2.77 bits per heavy atom. The van der Waals surface area contributed by atoms with E-state index in [1.807, 2.05) is 30.9 Å². The molecule has 0 unspecified atom stereocenters. The minimum absolute atomic E-state index is 0.185. The first-order chi connectivity index (χ1) is 10.6. The van der Waals surface area contributed by atoms with E-state index in [1.54, 1.807) is 22.7 Å². The Kier molecular flexibility index (Phi) is 4.90. The third kappa shape index (κ3) is 3.74. The lowest BCUT2D eigenvalue weighted by Crippen LogP contribution is -2.34. The van der Waals surface area contributed by atoms with Gasteiger partial charge in [-0.2, -0.15) is 0 Å². The highest BCUT2D eigenvalue weighted by atomic mass is 32.1. The van der Waals surface area contributed by atoms with E-state index in [-0.39, 0.29) is 5.91 Å². The number of aromatic nitrogens is 1. The fourth-order valence-electron chi connectivity index (χ4n) is 2.75. The molecule has 3 rings (SSSR count). The number of carbonyl (C=O) groups is 1. The summed E-state index contributed by atoms with van der Waals surface area (Å²) in [6, 6.07) is 3.97. The molecule has 0 atom stereocenters. The van der Waals surface area contributed by atoms with Crippen molar-refractivity contribution in [1.82, 2.24) is 14.8 Å². The molecule has 1 amide bonds. The average Bonchev–Trinajstić information content (AvgIpc) is 3.02. The van der Waals surface area contributed by atoms with Crippen LogP contribution in [0.2, 0.25) is 0 Å². The summed E-state index contributed by atoms with van der Waals surface area (Å²) < 4.78 is 0. The highest BCUT2D eigenvalue weighted by molar-refractivity contribution is 7.13. The Balaban J connectivity index is 1.58. The molecule has 0 spiro atoms. The molecule has 0 aliphatic carbocycles. The van der Waals surface area contributed by atoms with Crippen LogP contribution in [0.5, 0.6) is 0 Å². The normalized spacial score (nSPS) is 16.7. The Hall–Kier alpha value is -1.24. The second kappa shape index (κ2) is 6.89. The van der Waals surface area contributed by atoms with Crippen molar-refractivity contribution >= 4 is 28.6 Å². The van der Waals surface area contributed by atoms with Crippen LogP contribution < -0.4 is 0 Å². The number of amides is 1. The Bertz CT molecular complexity index is 649. The number of nitrogens with zero attached hydrogens (tertiary/aromatic N) is 3. The summed E-state index contributed by atoms with van der Waals surface area (Å²) in [5.41, 5.74) is 1.15. The monoisotopic (exact) mass is 335 g/mol. The first-order valence-corrected chi connectivity index (χ1v) is 9.30. The maximum absolute atomic E-state index is 12.5. The maximum atomic E-state index is 12.5. The highest BCUT2D eigenvalue weighted by Crippen LogP contribution is 2.19. The smallest absolute Gasteiger partial charge is 0.263 e. The summed E-state index contributed by atoms with van der Waals surface area (Å²) in [7, 11) is 0. The van der Waals surface area contributed by atoms with Gasteiger partial charge in [-0.25, -0.2) is 4.98 Å². The minimum atomic E-state index is 0.185. The van der Waals surface area contributed by atoms with E-state index in [4.69, 9.17) is 0 Å². The van der Waals surface area contributed by atoms with Crippen molar-refractivity contribution < 1.29 is 4.79 Å². The third-order valence-electron chi connectivity index (χ3n) is 3.88. The number of thiazole rings is 1. The number of rotatable bonds is 3. The summed E-state index contributed by atoms with van der Waals surface area (Å²) in [5, 5.41) is 3.26. The van der Waals surface area contributed by atoms with Gasteiger partial charge in [0.15, 0.2) is 0 Å². The molecule has 0 aromatic carbocycles. The Morgan fingerprint density at radius 2 is 2.09 bits per heavy atom. The summed E-state index contributed by atoms with van der Waals surface area (Å²) in [6.07, 6.45) is 1.03. The van der Waals surface area contributed by atoms with Crippen LogP contribution in [0.3, 0.4) is 0 Å². The standard InChI is InChI=1S/C16H21N3OS2/c1-12-4-5-15(22-12)16(20)19-7-3-6-18(8-9-19)10-14-11-21-13(2)17-14/h4-5,11H,3,6-10H2,1-2H3. The van der Waals surface area contributed by atoms with Crippen molar-refractivity contribution in [2.75, 3.05) is 26.2 Å². The van der Waals surface area contributed by atoms with E-state index in [0.29, 0.717) is 0 Å². The molecule has 0 N–H and O–H groups in total. The van der Waals surface area contributed by atoms with Crippen molar-refractivity contribution in [2.24, 2.45) is 0 Å². The van der Waals surface area contributed by atoms with Gasteiger partial charge in [-0.15, -0.1) is 22.7 Å². The van der Waals surface area contributed by atoms with Gasteiger partial charge in [0.1, 0.15) is 0 Å². The van der Waals surface area contributed by atoms with Crippen molar-refractivity contribution in [3.05, 3.63) is 38.0 Å². The lowest BCUT2D eigenvalue weighted by Gasteiger charge is -2.21. The van der Waals surface area contributed by atoms with Crippen LogP contribution in [-0.2, 0) is 6.54 Å². The van der Waals surface area contributed by atoms with Crippen LogP contribution in [0, 0.1) is 13.8 Å². The van der Waals surface area contributed by atoms with Crippen molar-refractivity contribution in [1.29, 1.82) is 0 Å². The van der Waals surface area contributed by atoms with E-state index in [2.05, 4.69) is 15.3 Å². The number of carbonyl (C=O) groups excluding carboxylic acids is 1. The number of hydrogen-bond donors (Lipinski definition) is 0. The summed E-state index contributed by atoms with van der Waals surface area (Å²) in [4.78, 5) is 23.5. The molecule has 3 heterocycles. The number of aryl methyl sites for hydroxylation is 2. The molecule has 0 radical (unpaired) electrons. The zero-order chi connectivity index (χ0) is 15.5. The molecular weight excluding hydrogens is 314 g/mol. The summed E-state index contributed by atoms with van der Waals surface area (Å²) >= 11 is 3.29. The summed E-state index contributed by atoms with van der Waals surface area (Å²) in [6.45, 7) is 8.59. The lowest BCUT2D eigenvalue weighted by atomic mass is 10.3. The van der Waals surface area contributed by atoms with Crippen LogP contribution in [0.4, 0.5) is 0 Å². The topological polar surface area (TPSA) is 36.4 Å². The molecule has 1 saturated heterocycles. The fraction of sp³-hybridized carbons (Fsp3) is 0.500. The number of thiophene rings is 1. The minimum Gasteiger partial charge on any atom is -0.337 e. The predicted molar refractivity (Wildman–Crippen MR) is 91.7 cm³/mol. The molecule has 0 bridgehead atoms. The van der Waals surface area contributed by atoms with E-state index in [9.17, 15) is 4.79 Å². The van der Waals surface area contributed by atoms with Crippen molar-refractivity contribution in [3.63, 3.8) is 0 Å². The van der Waals surface area contributed by atoms with Gasteiger partial charge in [-0.05, 0) is 32.4 Å². The van der Waals surface area contributed by atoms with Crippen molar-refractivity contribution in [2.45, 2.75) is 26.8 Å². The first kappa shape index (κ1) is 15.6. The van der Waals surface area contributed by atoms with Gasteiger partial charge in [-0.1, -0.05) is 0 Å². The van der Waals surface area contributed by atoms with Crippen LogP contribution >= 0.6 is 22.7 Å². The largest absolute Gasteiger partial charge is 0.337 e. The quantitative estimate of drug-likeness (QED) is 0.864. The van der Waals surface area contributed by atoms with E-state index in [0.717, 1.165) is 54.7 Å². The molecule has 2 aromatic rings. The van der Waals surface area contributed by atoms with E-state index < -0.39 is 0 Å². The van der Waals surface area contributed by atoms with Gasteiger partial charge >= 0.3 is 0 Å². The van der Waals surface area contributed by atoms with E-state index in [1.165, 1.54) is 4.88 Å². The zero-order valence-corrected chi connectivity index (χ0v) is 14.7. The maximum Gasteiger partial charge on any atom is 0.263 e. The molecule has 0 saturated carbocycles. The molecular formula is C16H21N3OS2. The van der Waals surface area contributed by atoms with Gasteiger partial charge in [-0.3, -0.25) is 9.69 Å². The molecule has 6 heteroatoms.